The standard InChI is InChI=1S/C11H21N3OS/c1-3-13-10(15)7-14(2)8-11(4-5-11)6-9(12)16/h3-8H2,1-2H3,(H2,12,16)(H,13,15). The number of rotatable bonds is 7. The maximum atomic E-state index is 11.4. The van der Waals surface area contributed by atoms with Crippen molar-refractivity contribution >= 4 is 23.1 Å². The molecule has 0 bridgehead atoms. The first-order valence-electron chi connectivity index (χ1n) is 5.71. The zero-order valence-electron chi connectivity index (χ0n) is 10.1. The number of hydrogen-bond donors (Lipinski definition) is 2. The molecule has 1 saturated carbocycles. The Bertz CT molecular complexity index is 276. The van der Waals surface area contributed by atoms with Crippen molar-refractivity contribution in [2.45, 2.75) is 26.2 Å². The second-order valence-corrected chi connectivity index (χ2v) is 5.29. The molecule has 0 aromatic heterocycles. The maximum Gasteiger partial charge on any atom is 0.234 e. The summed E-state index contributed by atoms with van der Waals surface area (Å²) in [6.07, 6.45) is 3.15. The highest BCUT2D eigenvalue weighted by atomic mass is 32.1. The lowest BCUT2D eigenvalue weighted by Gasteiger charge is -2.22. The number of thiocarbonyl (C=S) groups is 1. The van der Waals surface area contributed by atoms with Gasteiger partial charge in [0.25, 0.3) is 0 Å². The highest BCUT2D eigenvalue weighted by Gasteiger charge is 2.43. The van der Waals surface area contributed by atoms with Crippen LogP contribution < -0.4 is 11.1 Å². The number of hydrogen-bond acceptors (Lipinski definition) is 3. The molecule has 4 nitrogen and oxygen atoms in total. The molecule has 0 heterocycles. The monoisotopic (exact) mass is 243 g/mol. The third-order valence-electron chi connectivity index (χ3n) is 2.90. The van der Waals surface area contributed by atoms with Crippen LogP contribution in [0.1, 0.15) is 26.2 Å². The zero-order valence-corrected chi connectivity index (χ0v) is 10.9. The summed E-state index contributed by atoms with van der Waals surface area (Å²) < 4.78 is 0. The van der Waals surface area contributed by atoms with Gasteiger partial charge in [0.2, 0.25) is 5.91 Å². The van der Waals surface area contributed by atoms with Crippen molar-refractivity contribution in [3.8, 4) is 0 Å². The largest absolute Gasteiger partial charge is 0.393 e. The third kappa shape index (κ3) is 4.45. The summed E-state index contributed by atoms with van der Waals surface area (Å²) in [6, 6.07) is 0. The first kappa shape index (κ1) is 13.4. The predicted octanol–water partition coefficient (Wildman–Crippen LogP) is 0.511. The fraction of sp³-hybridized carbons (Fsp3) is 0.818. The maximum absolute atomic E-state index is 11.4. The second kappa shape index (κ2) is 5.59. The third-order valence-corrected chi connectivity index (χ3v) is 3.04. The average Bonchev–Trinajstić information content (AvgIpc) is 2.82. The smallest absolute Gasteiger partial charge is 0.234 e. The van der Waals surface area contributed by atoms with E-state index in [1.807, 2.05) is 14.0 Å². The summed E-state index contributed by atoms with van der Waals surface area (Å²) in [6.45, 7) is 3.96. The number of nitrogens with two attached hydrogens (primary N) is 1. The van der Waals surface area contributed by atoms with E-state index in [1.165, 1.54) is 12.8 Å². The Balaban J connectivity index is 2.31. The summed E-state index contributed by atoms with van der Waals surface area (Å²) in [4.78, 5) is 14.0. The number of carbonyl (C=O) groups excluding carboxylic acids is 1. The van der Waals surface area contributed by atoms with E-state index in [1.54, 1.807) is 0 Å². The molecule has 16 heavy (non-hydrogen) atoms. The van der Waals surface area contributed by atoms with Crippen LogP contribution in [0.5, 0.6) is 0 Å². The highest BCUT2D eigenvalue weighted by Crippen LogP contribution is 2.49. The van der Waals surface area contributed by atoms with Crippen molar-refractivity contribution in [1.29, 1.82) is 0 Å². The molecule has 0 aromatic rings. The van der Waals surface area contributed by atoms with E-state index in [0.29, 0.717) is 18.1 Å². The van der Waals surface area contributed by atoms with E-state index in [-0.39, 0.29) is 11.3 Å². The van der Waals surface area contributed by atoms with Crippen molar-refractivity contribution in [2.24, 2.45) is 11.1 Å². The van der Waals surface area contributed by atoms with Gasteiger partial charge in [-0.1, -0.05) is 12.2 Å². The van der Waals surface area contributed by atoms with Gasteiger partial charge >= 0.3 is 0 Å². The van der Waals surface area contributed by atoms with Crippen molar-refractivity contribution in [3.05, 3.63) is 0 Å². The Labute approximate surface area is 103 Å². The van der Waals surface area contributed by atoms with Gasteiger partial charge in [-0.25, -0.2) is 0 Å². The van der Waals surface area contributed by atoms with Crippen LogP contribution in [-0.4, -0.2) is 42.5 Å². The molecule has 0 radical (unpaired) electrons. The predicted molar refractivity (Wildman–Crippen MR) is 69.3 cm³/mol. The van der Waals surface area contributed by atoms with Gasteiger partial charge in [-0.2, -0.15) is 0 Å². The molecule has 0 aromatic carbocycles. The van der Waals surface area contributed by atoms with Gasteiger partial charge in [-0.15, -0.1) is 0 Å². The van der Waals surface area contributed by atoms with Crippen molar-refractivity contribution in [1.82, 2.24) is 10.2 Å². The van der Waals surface area contributed by atoms with E-state index in [9.17, 15) is 4.79 Å². The molecule has 0 saturated heterocycles. The number of amides is 1. The Morgan fingerprint density at radius 2 is 2.19 bits per heavy atom. The number of likely N-dealkylation sites (N-methyl/N-ethyl adjacent to an activating group) is 2. The average molecular weight is 243 g/mol. The molecule has 5 heteroatoms. The minimum absolute atomic E-state index is 0.0797. The first-order valence-corrected chi connectivity index (χ1v) is 6.12. The minimum atomic E-state index is 0.0797. The summed E-state index contributed by atoms with van der Waals surface area (Å²) in [7, 11) is 1.97. The fourth-order valence-electron chi connectivity index (χ4n) is 2.06. The summed E-state index contributed by atoms with van der Waals surface area (Å²) in [5.41, 5.74) is 5.83. The Hall–Kier alpha value is -0.680. The van der Waals surface area contributed by atoms with Gasteiger partial charge in [0, 0.05) is 19.5 Å². The number of nitrogens with zero attached hydrogens (tertiary/aromatic N) is 1. The summed E-state index contributed by atoms with van der Waals surface area (Å²) in [5.74, 6) is 0.0797. The zero-order chi connectivity index (χ0) is 12.2. The van der Waals surface area contributed by atoms with Crippen LogP contribution >= 0.6 is 12.2 Å². The molecule has 1 rings (SSSR count). The normalized spacial score (nSPS) is 17.2. The Kier molecular flexibility index (Phi) is 4.68. The van der Waals surface area contributed by atoms with E-state index >= 15 is 0 Å². The molecular formula is C11H21N3OS. The van der Waals surface area contributed by atoms with Crippen molar-refractivity contribution in [3.63, 3.8) is 0 Å². The van der Waals surface area contributed by atoms with Crippen LogP contribution in [0.15, 0.2) is 0 Å². The van der Waals surface area contributed by atoms with Gasteiger partial charge in [0.1, 0.15) is 0 Å². The lowest BCUT2D eigenvalue weighted by atomic mass is 10.0. The lowest BCUT2D eigenvalue weighted by Crippen LogP contribution is -2.38. The van der Waals surface area contributed by atoms with Crippen LogP contribution in [0.4, 0.5) is 0 Å². The number of carbonyl (C=O) groups is 1. The minimum Gasteiger partial charge on any atom is -0.393 e. The fourth-order valence-corrected chi connectivity index (χ4v) is 2.37. The molecule has 1 aliphatic carbocycles. The lowest BCUT2D eigenvalue weighted by molar-refractivity contribution is -0.122. The first-order chi connectivity index (χ1) is 7.47. The second-order valence-electron chi connectivity index (χ2n) is 4.77. The topological polar surface area (TPSA) is 58.4 Å². The molecule has 0 unspecified atom stereocenters. The Morgan fingerprint density at radius 1 is 1.56 bits per heavy atom. The van der Waals surface area contributed by atoms with Crippen LogP contribution in [0.2, 0.25) is 0 Å². The van der Waals surface area contributed by atoms with Gasteiger partial charge in [0.05, 0.1) is 11.5 Å². The molecule has 1 amide bonds. The van der Waals surface area contributed by atoms with Crippen molar-refractivity contribution in [2.75, 3.05) is 26.7 Å². The van der Waals surface area contributed by atoms with E-state index in [2.05, 4.69) is 10.2 Å². The SMILES string of the molecule is CCNC(=O)CN(C)CC1(CC(N)=S)CC1. The van der Waals surface area contributed by atoms with Crippen molar-refractivity contribution < 1.29 is 4.79 Å². The molecule has 92 valence electrons. The number of nitrogens with one attached hydrogen (secondary N) is 1. The van der Waals surface area contributed by atoms with Gasteiger partial charge < -0.3 is 11.1 Å². The van der Waals surface area contributed by atoms with Gasteiger partial charge in [0.15, 0.2) is 0 Å². The molecule has 0 spiro atoms. The van der Waals surface area contributed by atoms with Gasteiger partial charge in [-0.3, -0.25) is 9.69 Å². The van der Waals surface area contributed by atoms with Crippen LogP contribution in [0.25, 0.3) is 0 Å². The van der Waals surface area contributed by atoms with Crippen LogP contribution in [0, 0.1) is 5.41 Å². The highest BCUT2D eigenvalue weighted by molar-refractivity contribution is 7.80. The molecule has 1 fully saturated rings. The van der Waals surface area contributed by atoms with Crippen LogP contribution in [-0.2, 0) is 4.79 Å². The Morgan fingerprint density at radius 3 is 2.62 bits per heavy atom. The summed E-state index contributed by atoms with van der Waals surface area (Å²) >= 11 is 4.95. The van der Waals surface area contributed by atoms with E-state index in [4.69, 9.17) is 18.0 Å². The van der Waals surface area contributed by atoms with E-state index in [0.717, 1.165) is 13.0 Å². The molecular weight excluding hydrogens is 222 g/mol. The molecule has 3 N–H and O–H groups in total. The molecule has 0 aliphatic heterocycles. The molecule has 0 atom stereocenters. The van der Waals surface area contributed by atoms with Gasteiger partial charge in [-0.05, 0) is 32.2 Å². The van der Waals surface area contributed by atoms with Crippen LogP contribution in [0.3, 0.4) is 0 Å². The summed E-state index contributed by atoms with van der Waals surface area (Å²) in [5, 5.41) is 2.79. The van der Waals surface area contributed by atoms with E-state index < -0.39 is 0 Å². The molecule has 1 aliphatic rings. The quantitative estimate of drug-likeness (QED) is 0.640.